The zero-order chi connectivity index (χ0) is 17.1. The van der Waals surface area contributed by atoms with E-state index in [4.69, 9.17) is 0 Å². The molecule has 122 valence electrons. The predicted molar refractivity (Wildman–Crippen MR) is 87.4 cm³/mol. The number of nitrogens with one attached hydrogen (secondary N) is 1. The minimum absolute atomic E-state index is 0.0851. The van der Waals surface area contributed by atoms with Gasteiger partial charge in [0.25, 0.3) is 11.8 Å². The molecule has 2 heterocycles. The summed E-state index contributed by atoms with van der Waals surface area (Å²) in [5, 5.41) is 2.79. The topological polar surface area (TPSA) is 82.6 Å². The highest BCUT2D eigenvalue weighted by molar-refractivity contribution is 6.19. The number of hydrogen-bond donors (Lipinski definition) is 1. The molecule has 4 amide bonds. The zero-order valence-corrected chi connectivity index (χ0v) is 13.1. The lowest BCUT2D eigenvalue weighted by atomic mass is 10.2. The summed E-state index contributed by atoms with van der Waals surface area (Å²) in [4.78, 5) is 42.2. The molecule has 1 N–H and O–H groups in total. The molecule has 1 fully saturated rings. The largest absolute Gasteiger partial charge is 0.348 e. The smallest absolute Gasteiger partial charge is 0.331 e. The van der Waals surface area contributed by atoms with Crippen molar-refractivity contribution in [2.45, 2.75) is 6.54 Å². The molecule has 0 radical (unpaired) electrons. The first-order valence-corrected chi connectivity index (χ1v) is 7.41. The number of aromatic nitrogens is 1. The van der Waals surface area contributed by atoms with Crippen LogP contribution in [0.15, 0.2) is 48.8 Å². The van der Waals surface area contributed by atoms with Gasteiger partial charge in [0.2, 0.25) is 0 Å². The molecule has 1 aliphatic heterocycles. The predicted octanol–water partition coefficient (Wildman–Crippen LogP) is 1.41. The Labute approximate surface area is 138 Å². The number of amides is 4. The van der Waals surface area contributed by atoms with Crippen molar-refractivity contribution in [1.82, 2.24) is 15.2 Å². The first-order chi connectivity index (χ1) is 11.6. The van der Waals surface area contributed by atoms with Gasteiger partial charge in [0.1, 0.15) is 6.54 Å². The molecule has 0 bridgehead atoms. The van der Waals surface area contributed by atoms with Gasteiger partial charge in [-0.05, 0) is 29.8 Å². The average molecular weight is 324 g/mol. The number of nitrogens with zero attached hydrogens (tertiary/aromatic N) is 3. The van der Waals surface area contributed by atoms with Gasteiger partial charge < -0.3 is 10.2 Å². The normalized spacial score (nSPS) is 14.2. The lowest BCUT2D eigenvalue weighted by Crippen LogP contribution is -2.31. The lowest BCUT2D eigenvalue weighted by Gasteiger charge is -2.14. The SMILES string of the molecule is CN1CC(=O)N(c2ccc(CNC(=O)c3cccnc3)cc2)C1=O. The van der Waals surface area contributed by atoms with Gasteiger partial charge in [-0.2, -0.15) is 0 Å². The number of rotatable bonds is 4. The van der Waals surface area contributed by atoms with Gasteiger partial charge in [-0.3, -0.25) is 14.6 Å². The van der Waals surface area contributed by atoms with E-state index in [1.165, 1.54) is 11.1 Å². The van der Waals surface area contributed by atoms with Crippen LogP contribution in [0.3, 0.4) is 0 Å². The van der Waals surface area contributed by atoms with Crippen LogP contribution in [0.1, 0.15) is 15.9 Å². The van der Waals surface area contributed by atoms with Crippen LogP contribution in [0.25, 0.3) is 0 Å². The summed E-state index contributed by atoms with van der Waals surface area (Å²) in [6.07, 6.45) is 3.10. The number of carbonyl (C=O) groups excluding carboxylic acids is 3. The van der Waals surface area contributed by atoms with Crippen molar-refractivity contribution in [3.05, 3.63) is 59.9 Å². The average Bonchev–Trinajstić information content (AvgIpc) is 2.86. The van der Waals surface area contributed by atoms with E-state index in [1.54, 1.807) is 49.6 Å². The summed E-state index contributed by atoms with van der Waals surface area (Å²) in [7, 11) is 1.59. The van der Waals surface area contributed by atoms with E-state index in [0.717, 1.165) is 10.5 Å². The Hall–Kier alpha value is -3.22. The highest BCUT2D eigenvalue weighted by Gasteiger charge is 2.34. The molecule has 0 spiro atoms. The zero-order valence-electron chi connectivity index (χ0n) is 13.1. The van der Waals surface area contributed by atoms with Crippen molar-refractivity contribution in [1.29, 1.82) is 0 Å². The number of hydrogen-bond acceptors (Lipinski definition) is 4. The fourth-order valence-electron chi connectivity index (χ4n) is 2.42. The Morgan fingerprint density at radius 2 is 1.96 bits per heavy atom. The van der Waals surface area contributed by atoms with Crippen LogP contribution in [-0.4, -0.2) is 41.3 Å². The Bertz CT molecular complexity index is 774. The molecule has 0 atom stereocenters. The fourth-order valence-corrected chi connectivity index (χ4v) is 2.42. The van der Waals surface area contributed by atoms with E-state index in [0.29, 0.717) is 17.8 Å². The Balaban J connectivity index is 1.64. The Morgan fingerprint density at radius 1 is 1.21 bits per heavy atom. The highest BCUT2D eigenvalue weighted by atomic mass is 16.2. The quantitative estimate of drug-likeness (QED) is 0.862. The second kappa shape index (κ2) is 6.49. The standard InChI is InChI=1S/C17H16N4O3/c1-20-11-15(22)21(17(20)24)14-6-4-12(5-7-14)9-19-16(23)13-3-2-8-18-10-13/h2-8,10H,9,11H2,1H3,(H,19,23). The van der Waals surface area contributed by atoms with Gasteiger partial charge in [-0.15, -0.1) is 0 Å². The second-order valence-corrected chi connectivity index (χ2v) is 5.46. The highest BCUT2D eigenvalue weighted by Crippen LogP contribution is 2.21. The van der Waals surface area contributed by atoms with Gasteiger partial charge in [0, 0.05) is 26.0 Å². The monoisotopic (exact) mass is 324 g/mol. The number of carbonyl (C=O) groups is 3. The third-order valence-electron chi connectivity index (χ3n) is 3.71. The summed E-state index contributed by atoms with van der Waals surface area (Å²) >= 11 is 0. The maximum absolute atomic E-state index is 12.0. The molecule has 0 unspecified atom stereocenters. The van der Waals surface area contributed by atoms with Crippen molar-refractivity contribution < 1.29 is 14.4 Å². The van der Waals surface area contributed by atoms with Crippen molar-refractivity contribution in [2.24, 2.45) is 0 Å². The van der Waals surface area contributed by atoms with Crippen LogP contribution < -0.4 is 10.2 Å². The third kappa shape index (κ3) is 3.10. The lowest BCUT2D eigenvalue weighted by molar-refractivity contribution is -0.116. The number of pyridine rings is 1. The first-order valence-electron chi connectivity index (χ1n) is 7.41. The van der Waals surface area contributed by atoms with E-state index >= 15 is 0 Å². The van der Waals surface area contributed by atoms with E-state index in [-0.39, 0.29) is 24.4 Å². The first kappa shape index (κ1) is 15.7. The molecule has 3 rings (SSSR count). The molecule has 24 heavy (non-hydrogen) atoms. The summed E-state index contributed by atoms with van der Waals surface area (Å²) < 4.78 is 0. The Kier molecular flexibility index (Phi) is 4.24. The van der Waals surface area contributed by atoms with E-state index < -0.39 is 0 Å². The van der Waals surface area contributed by atoms with E-state index in [2.05, 4.69) is 10.3 Å². The van der Waals surface area contributed by atoms with Crippen LogP contribution in [-0.2, 0) is 11.3 Å². The number of likely N-dealkylation sites (N-methyl/N-ethyl adjacent to an activating group) is 1. The minimum Gasteiger partial charge on any atom is -0.348 e. The molecule has 1 saturated heterocycles. The maximum atomic E-state index is 12.0. The summed E-state index contributed by atoms with van der Waals surface area (Å²) in [5.41, 5.74) is 1.88. The van der Waals surface area contributed by atoms with Gasteiger partial charge in [-0.25, -0.2) is 9.69 Å². The van der Waals surface area contributed by atoms with Crippen LogP contribution in [0.5, 0.6) is 0 Å². The second-order valence-electron chi connectivity index (χ2n) is 5.46. The van der Waals surface area contributed by atoms with Crippen molar-refractivity contribution in [3.8, 4) is 0 Å². The van der Waals surface area contributed by atoms with Crippen molar-refractivity contribution >= 4 is 23.5 Å². The van der Waals surface area contributed by atoms with E-state index in [9.17, 15) is 14.4 Å². The molecule has 7 nitrogen and oxygen atoms in total. The molecule has 2 aromatic rings. The van der Waals surface area contributed by atoms with Gasteiger partial charge >= 0.3 is 6.03 Å². The van der Waals surface area contributed by atoms with E-state index in [1.807, 2.05) is 0 Å². The van der Waals surface area contributed by atoms with Crippen LogP contribution >= 0.6 is 0 Å². The number of benzene rings is 1. The maximum Gasteiger partial charge on any atom is 0.331 e. The van der Waals surface area contributed by atoms with Crippen molar-refractivity contribution in [3.63, 3.8) is 0 Å². The summed E-state index contributed by atoms with van der Waals surface area (Å²) in [5.74, 6) is -0.459. The van der Waals surface area contributed by atoms with Gasteiger partial charge in [-0.1, -0.05) is 12.1 Å². The molecule has 1 aromatic carbocycles. The number of urea groups is 1. The number of anilines is 1. The molecule has 1 aliphatic rings. The van der Waals surface area contributed by atoms with Crippen LogP contribution in [0.2, 0.25) is 0 Å². The molecular formula is C17H16N4O3. The van der Waals surface area contributed by atoms with Crippen LogP contribution in [0.4, 0.5) is 10.5 Å². The summed E-state index contributed by atoms with van der Waals surface area (Å²) in [6.45, 7) is 0.428. The van der Waals surface area contributed by atoms with Gasteiger partial charge in [0.05, 0.1) is 11.3 Å². The third-order valence-corrected chi connectivity index (χ3v) is 3.71. The molecule has 7 heteroatoms. The Morgan fingerprint density at radius 3 is 2.54 bits per heavy atom. The van der Waals surface area contributed by atoms with Crippen LogP contribution in [0, 0.1) is 0 Å². The summed E-state index contributed by atoms with van der Waals surface area (Å²) in [6, 6.07) is 9.99. The number of imide groups is 1. The molecule has 1 aromatic heterocycles. The molecule has 0 saturated carbocycles. The van der Waals surface area contributed by atoms with Gasteiger partial charge in [0.15, 0.2) is 0 Å². The molecular weight excluding hydrogens is 308 g/mol. The van der Waals surface area contributed by atoms with Crippen molar-refractivity contribution in [2.75, 3.05) is 18.5 Å². The molecule has 0 aliphatic carbocycles. The fraction of sp³-hybridized carbons (Fsp3) is 0.176. The minimum atomic E-state index is -0.336.